The maximum absolute atomic E-state index is 13.2. The van der Waals surface area contributed by atoms with E-state index in [2.05, 4.69) is 23.2 Å². The number of halogens is 1. The first kappa shape index (κ1) is 20.5. The number of fused-ring (bicyclic) bond motifs is 1. The van der Waals surface area contributed by atoms with Gasteiger partial charge in [0.15, 0.2) is 0 Å². The van der Waals surface area contributed by atoms with Crippen molar-refractivity contribution >= 4 is 28.3 Å². The summed E-state index contributed by atoms with van der Waals surface area (Å²) in [6, 6.07) is 13.9. The van der Waals surface area contributed by atoms with Gasteiger partial charge in [-0.3, -0.25) is 9.59 Å². The molecule has 3 heterocycles. The Morgan fingerprint density at radius 3 is 2.59 bits per heavy atom. The first-order valence-electron chi connectivity index (χ1n) is 11.2. The number of aromatic amines is 1. The van der Waals surface area contributed by atoms with E-state index in [0.29, 0.717) is 31.7 Å². The normalized spacial score (nSPS) is 19.2. The highest BCUT2D eigenvalue weighted by molar-refractivity contribution is 5.95. The predicted octanol–water partition coefficient (Wildman–Crippen LogP) is 4.48. The van der Waals surface area contributed by atoms with E-state index < -0.39 is 0 Å². The molecule has 1 aromatic heterocycles. The van der Waals surface area contributed by atoms with Crippen molar-refractivity contribution in [3.05, 3.63) is 77.7 Å². The SMILES string of the molecule is O=C(c1ccc(F)cc1)N1CCCC(C(=O)N2CC=C(c3c[nH]c4ccccc34)CC2)C1. The minimum absolute atomic E-state index is 0.121. The first-order valence-corrected chi connectivity index (χ1v) is 11.2. The highest BCUT2D eigenvalue weighted by atomic mass is 19.1. The van der Waals surface area contributed by atoms with Gasteiger partial charge in [0.1, 0.15) is 5.82 Å². The van der Waals surface area contributed by atoms with Crippen LogP contribution in [0, 0.1) is 11.7 Å². The highest BCUT2D eigenvalue weighted by Crippen LogP contribution is 2.30. The van der Waals surface area contributed by atoms with Gasteiger partial charge in [0.2, 0.25) is 5.91 Å². The minimum Gasteiger partial charge on any atom is -0.361 e. The molecule has 2 aliphatic heterocycles. The van der Waals surface area contributed by atoms with Crippen LogP contribution < -0.4 is 0 Å². The molecule has 0 aliphatic carbocycles. The number of carbonyl (C=O) groups is 2. The molecule has 5 nitrogen and oxygen atoms in total. The van der Waals surface area contributed by atoms with Crippen LogP contribution in [-0.2, 0) is 4.79 Å². The molecule has 3 aromatic rings. The fourth-order valence-electron chi connectivity index (χ4n) is 4.85. The van der Waals surface area contributed by atoms with Gasteiger partial charge in [0.05, 0.1) is 5.92 Å². The standard InChI is InChI=1S/C26H26FN3O2/c27-21-9-7-19(8-10-21)25(31)30-13-3-4-20(17-30)26(32)29-14-11-18(12-15-29)23-16-28-24-6-2-1-5-22(23)24/h1-2,5-11,16,20,28H,3-4,12-15,17H2. The lowest BCUT2D eigenvalue weighted by atomic mass is 9.94. The molecule has 5 rings (SSSR count). The number of nitrogens with zero attached hydrogens (tertiary/aromatic N) is 2. The lowest BCUT2D eigenvalue weighted by molar-refractivity contribution is -0.136. The zero-order valence-electron chi connectivity index (χ0n) is 17.9. The number of likely N-dealkylation sites (tertiary alicyclic amines) is 1. The first-order chi connectivity index (χ1) is 15.6. The molecule has 1 N–H and O–H groups in total. The maximum atomic E-state index is 13.2. The van der Waals surface area contributed by atoms with Crippen molar-refractivity contribution in [2.45, 2.75) is 19.3 Å². The third kappa shape index (κ3) is 3.93. The van der Waals surface area contributed by atoms with E-state index in [9.17, 15) is 14.0 Å². The predicted molar refractivity (Wildman–Crippen MR) is 123 cm³/mol. The van der Waals surface area contributed by atoms with Gasteiger partial charge in [-0.05, 0) is 55.2 Å². The second-order valence-corrected chi connectivity index (χ2v) is 8.61. The molecule has 1 saturated heterocycles. The van der Waals surface area contributed by atoms with Crippen molar-refractivity contribution in [2.75, 3.05) is 26.2 Å². The largest absolute Gasteiger partial charge is 0.361 e. The number of nitrogens with one attached hydrogen (secondary N) is 1. The molecule has 2 aliphatic rings. The molecule has 0 bridgehead atoms. The quantitative estimate of drug-likeness (QED) is 0.665. The zero-order valence-corrected chi connectivity index (χ0v) is 17.9. The second-order valence-electron chi connectivity index (χ2n) is 8.61. The highest BCUT2D eigenvalue weighted by Gasteiger charge is 2.32. The Labute approximate surface area is 186 Å². The second kappa shape index (κ2) is 8.61. The Bertz CT molecular complexity index is 1180. The molecule has 32 heavy (non-hydrogen) atoms. The van der Waals surface area contributed by atoms with Crippen molar-refractivity contribution in [3.8, 4) is 0 Å². The van der Waals surface area contributed by atoms with Crippen LogP contribution in [0.15, 0.2) is 60.8 Å². The van der Waals surface area contributed by atoms with Gasteiger partial charge in [-0.2, -0.15) is 0 Å². The number of hydrogen-bond donors (Lipinski definition) is 1. The van der Waals surface area contributed by atoms with Crippen LogP contribution in [0.1, 0.15) is 35.2 Å². The van der Waals surface area contributed by atoms with Gasteiger partial charge >= 0.3 is 0 Å². The van der Waals surface area contributed by atoms with Crippen LogP contribution in [0.25, 0.3) is 16.5 Å². The number of benzene rings is 2. The lowest BCUT2D eigenvalue weighted by Gasteiger charge is -2.36. The van der Waals surface area contributed by atoms with Gasteiger partial charge < -0.3 is 14.8 Å². The Kier molecular flexibility index (Phi) is 5.52. The van der Waals surface area contributed by atoms with E-state index in [1.807, 2.05) is 23.2 Å². The van der Waals surface area contributed by atoms with E-state index in [1.54, 1.807) is 4.90 Å². The van der Waals surface area contributed by atoms with Crippen LogP contribution >= 0.6 is 0 Å². The zero-order chi connectivity index (χ0) is 22.1. The van der Waals surface area contributed by atoms with Crippen LogP contribution in [0.3, 0.4) is 0 Å². The lowest BCUT2D eigenvalue weighted by Crippen LogP contribution is -2.47. The number of para-hydroxylation sites is 1. The fourth-order valence-corrected chi connectivity index (χ4v) is 4.85. The third-order valence-electron chi connectivity index (χ3n) is 6.61. The summed E-state index contributed by atoms with van der Waals surface area (Å²) >= 11 is 0. The third-order valence-corrected chi connectivity index (χ3v) is 6.61. The maximum Gasteiger partial charge on any atom is 0.253 e. The molecule has 164 valence electrons. The topological polar surface area (TPSA) is 56.4 Å². The number of rotatable bonds is 3. The minimum atomic E-state index is -0.363. The molecule has 2 amide bonds. The van der Waals surface area contributed by atoms with Crippen LogP contribution in [-0.4, -0.2) is 52.8 Å². The average Bonchev–Trinajstić information content (AvgIpc) is 3.28. The summed E-state index contributed by atoms with van der Waals surface area (Å²) in [5.41, 5.74) is 4.06. The molecule has 1 atom stereocenters. The molecule has 1 fully saturated rings. The van der Waals surface area contributed by atoms with Gasteiger partial charge in [-0.1, -0.05) is 24.3 Å². The summed E-state index contributed by atoms with van der Waals surface area (Å²) in [7, 11) is 0. The van der Waals surface area contributed by atoms with Gasteiger partial charge in [0, 0.05) is 54.4 Å². The number of piperidine rings is 1. The Hall–Kier alpha value is -3.41. The van der Waals surface area contributed by atoms with Crippen LogP contribution in [0.4, 0.5) is 4.39 Å². The van der Waals surface area contributed by atoms with E-state index >= 15 is 0 Å². The van der Waals surface area contributed by atoms with Gasteiger partial charge in [-0.25, -0.2) is 4.39 Å². The number of aromatic nitrogens is 1. The molecule has 2 aromatic carbocycles. The van der Waals surface area contributed by atoms with Crippen LogP contribution in [0.2, 0.25) is 0 Å². The smallest absolute Gasteiger partial charge is 0.253 e. The van der Waals surface area contributed by atoms with Crippen molar-refractivity contribution in [1.29, 1.82) is 0 Å². The summed E-state index contributed by atoms with van der Waals surface area (Å²) in [5.74, 6) is -0.562. The van der Waals surface area contributed by atoms with E-state index in [4.69, 9.17) is 0 Å². The molecule has 6 heteroatoms. The summed E-state index contributed by atoms with van der Waals surface area (Å²) < 4.78 is 13.2. The van der Waals surface area contributed by atoms with Crippen molar-refractivity contribution < 1.29 is 14.0 Å². The Morgan fingerprint density at radius 2 is 1.81 bits per heavy atom. The molecule has 0 radical (unpaired) electrons. The van der Waals surface area contributed by atoms with Gasteiger partial charge in [-0.15, -0.1) is 0 Å². The molecular formula is C26H26FN3O2. The van der Waals surface area contributed by atoms with Crippen LogP contribution in [0.5, 0.6) is 0 Å². The Morgan fingerprint density at radius 1 is 1.00 bits per heavy atom. The molecular weight excluding hydrogens is 405 g/mol. The number of carbonyl (C=O) groups excluding carboxylic acids is 2. The van der Waals surface area contributed by atoms with E-state index in [0.717, 1.165) is 24.8 Å². The summed E-state index contributed by atoms with van der Waals surface area (Å²) in [6.45, 7) is 2.33. The summed E-state index contributed by atoms with van der Waals surface area (Å²) in [5, 5.41) is 1.21. The van der Waals surface area contributed by atoms with E-state index in [1.165, 1.54) is 40.8 Å². The van der Waals surface area contributed by atoms with Gasteiger partial charge in [0.25, 0.3) is 5.91 Å². The average molecular weight is 432 g/mol. The van der Waals surface area contributed by atoms with E-state index in [-0.39, 0.29) is 23.5 Å². The number of hydrogen-bond acceptors (Lipinski definition) is 2. The van der Waals surface area contributed by atoms with Crippen molar-refractivity contribution in [3.63, 3.8) is 0 Å². The molecule has 0 saturated carbocycles. The summed E-state index contributed by atoms with van der Waals surface area (Å²) in [4.78, 5) is 33.0. The number of amides is 2. The Balaban J connectivity index is 1.24. The summed E-state index contributed by atoms with van der Waals surface area (Å²) in [6.07, 6.45) is 6.61. The monoisotopic (exact) mass is 431 g/mol. The fraction of sp³-hybridized carbons (Fsp3) is 0.308. The number of H-pyrrole nitrogens is 1. The van der Waals surface area contributed by atoms with Crippen molar-refractivity contribution in [2.24, 2.45) is 5.92 Å². The van der Waals surface area contributed by atoms with Crippen molar-refractivity contribution in [1.82, 2.24) is 14.8 Å². The molecule has 0 spiro atoms. The molecule has 1 unspecified atom stereocenters.